The molecule has 0 radical (unpaired) electrons. The number of thiocarbonyl (C=S) groups is 1. The van der Waals surface area contributed by atoms with E-state index >= 15 is 0 Å². The van der Waals surface area contributed by atoms with E-state index in [0.29, 0.717) is 20.7 Å². The molecule has 0 unspecified atom stereocenters. The van der Waals surface area contributed by atoms with Crippen LogP contribution in [0.2, 0.25) is 0 Å². The van der Waals surface area contributed by atoms with Crippen LogP contribution >= 0.6 is 24.0 Å². The lowest BCUT2D eigenvalue weighted by Gasteiger charge is -2.17. The van der Waals surface area contributed by atoms with Crippen LogP contribution in [0.5, 0.6) is 11.5 Å². The van der Waals surface area contributed by atoms with Crippen LogP contribution in [-0.4, -0.2) is 24.4 Å². The van der Waals surface area contributed by atoms with Crippen molar-refractivity contribution in [2.75, 3.05) is 19.1 Å². The molecule has 1 fully saturated rings. The van der Waals surface area contributed by atoms with Gasteiger partial charge in [-0.1, -0.05) is 41.7 Å². The van der Waals surface area contributed by atoms with Gasteiger partial charge in [0.25, 0.3) is 5.91 Å². The van der Waals surface area contributed by atoms with E-state index in [4.69, 9.17) is 21.7 Å². The van der Waals surface area contributed by atoms with Gasteiger partial charge in [-0.25, -0.2) is 0 Å². The van der Waals surface area contributed by atoms with Crippen molar-refractivity contribution in [1.29, 1.82) is 0 Å². The maximum atomic E-state index is 13.0. The summed E-state index contributed by atoms with van der Waals surface area (Å²) < 4.78 is 11.2. The highest BCUT2D eigenvalue weighted by Crippen LogP contribution is 2.38. The topological polar surface area (TPSA) is 38.8 Å². The standard InChI is InChI=1S/C20H19NO3S2/c1-12-5-7-16(13(2)9-12)21-19(22)18(26-20(21)25)11-14-10-15(23-3)6-8-17(14)24-4/h5-11H,1-4H3. The maximum Gasteiger partial charge on any atom is 0.270 e. The number of methoxy groups -OCH3 is 2. The van der Waals surface area contributed by atoms with Crippen LogP contribution in [0.15, 0.2) is 41.3 Å². The predicted octanol–water partition coefficient (Wildman–Crippen LogP) is 4.73. The summed E-state index contributed by atoms with van der Waals surface area (Å²) in [6.45, 7) is 4.01. The predicted molar refractivity (Wildman–Crippen MR) is 111 cm³/mol. The van der Waals surface area contributed by atoms with Crippen LogP contribution in [0, 0.1) is 13.8 Å². The SMILES string of the molecule is COc1ccc(OC)c(C=C2SC(=S)N(c3ccc(C)cc3C)C2=O)c1. The summed E-state index contributed by atoms with van der Waals surface area (Å²) in [5.41, 5.74) is 3.75. The summed E-state index contributed by atoms with van der Waals surface area (Å²) in [7, 11) is 3.20. The van der Waals surface area contributed by atoms with Gasteiger partial charge < -0.3 is 9.47 Å². The Bertz CT molecular complexity index is 921. The Balaban J connectivity index is 2.00. The van der Waals surface area contributed by atoms with Gasteiger partial charge in [0.1, 0.15) is 11.5 Å². The summed E-state index contributed by atoms with van der Waals surface area (Å²) in [5.74, 6) is 1.24. The normalized spacial score (nSPS) is 15.7. The highest BCUT2D eigenvalue weighted by Gasteiger charge is 2.34. The number of thioether (sulfide) groups is 1. The van der Waals surface area contributed by atoms with Crippen LogP contribution in [0.1, 0.15) is 16.7 Å². The van der Waals surface area contributed by atoms with Gasteiger partial charge in [-0.15, -0.1) is 0 Å². The molecule has 134 valence electrons. The molecule has 3 rings (SSSR count). The molecule has 1 heterocycles. The van der Waals surface area contributed by atoms with Gasteiger partial charge >= 0.3 is 0 Å². The molecule has 0 bridgehead atoms. The van der Waals surface area contributed by atoms with E-state index in [1.54, 1.807) is 25.2 Å². The molecule has 2 aromatic carbocycles. The van der Waals surface area contributed by atoms with Crippen molar-refractivity contribution >= 4 is 46.0 Å². The Morgan fingerprint density at radius 2 is 1.85 bits per heavy atom. The van der Waals surface area contributed by atoms with Gasteiger partial charge in [0.2, 0.25) is 0 Å². The fourth-order valence-electron chi connectivity index (χ4n) is 2.83. The van der Waals surface area contributed by atoms with Crippen LogP contribution < -0.4 is 14.4 Å². The molecule has 1 saturated heterocycles. The fraction of sp³-hybridized carbons (Fsp3) is 0.200. The highest BCUT2D eigenvalue weighted by molar-refractivity contribution is 8.27. The maximum absolute atomic E-state index is 13.0. The molecular weight excluding hydrogens is 366 g/mol. The summed E-state index contributed by atoms with van der Waals surface area (Å²) >= 11 is 6.76. The Kier molecular flexibility index (Phi) is 5.34. The number of amides is 1. The first-order valence-corrected chi connectivity index (χ1v) is 9.24. The van der Waals surface area contributed by atoms with E-state index in [0.717, 1.165) is 22.4 Å². The van der Waals surface area contributed by atoms with Crippen LogP contribution in [-0.2, 0) is 4.79 Å². The van der Waals surface area contributed by atoms with Crippen molar-refractivity contribution in [1.82, 2.24) is 0 Å². The first kappa shape index (κ1) is 18.5. The first-order chi connectivity index (χ1) is 12.4. The third-order valence-corrected chi connectivity index (χ3v) is 5.41. The average Bonchev–Trinajstić information content (AvgIpc) is 2.89. The van der Waals surface area contributed by atoms with Crippen LogP contribution in [0.3, 0.4) is 0 Å². The second-order valence-electron chi connectivity index (χ2n) is 5.91. The van der Waals surface area contributed by atoms with Crippen molar-refractivity contribution in [2.24, 2.45) is 0 Å². The van der Waals surface area contributed by atoms with E-state index in [1.807, 2.05) is 50.2 Å². The average molecular weight is 386 g/mol. The number of carbonyl (C=O) groups is 1. The van der Waals surface area contributed by atoms with Crippen molar-refractivity contribution in [3.8, 4) is 11.5 Å². The Hall–Kier alpha value is -2.31. The first-order valence-electron chi connectivity index (χ1n) is 8.02. The van der Waals surface area contributed by atoms with E-state index in [9.17, 15) is 4.79 Å². The Labute approximate surface area is 162 Å². The minimum Gasteiger partial charge on any atom is -0.497 e. The summed E-state index contributed by atoms with van der Waals surface area (Å²) in [4.78, 5) is 15.1. The molecule has 26 heavy (non-hydrogen) atoms. The molecule has 1 aliphatic heterocycles. The molecule has 0 atom stereocenters. The van der Waals surface area contributed by atoms with Gasteiger partial charge in [0, 0.05) is 5.56 Å². The zero-order valence-electron chi connectivity index (χ0n) is 15.0. The molecule has 0 spiro atoms. The second-order valence-corrected chi connectivity index (χ2v) is 7.59. The quantitative estimate of drug-likeness (QED) is 0.562. The van der Waals surface area contributed by atoms with Gasteiger partial charge in [-0.3, -0.25) is 9.69 Å². The van der Waals surface area contributed by atoms with Crippen LogP contribution in [0.25, 0.3) is 6.08 Å². The Morgan fingerprint density at radius 3 is 2.50 bits per heavy atom. The van der Waals surface area contributed by atoms with E-state index in [1.165, 1.54) is 11.8 Å². The third kappa shape index (κ3) is 3.48. The monoisotopic (exact) mass is 385 g/mol. The number of aryl methyl sites for hydroxylation is 2. The van der Waals surface area contributed by atoms with E-state index in [-0.39, 0.29) is 5.91 Å². The molecule has 1 aliphatic rings. The van der Waals surface area contributed by atoms with Crippen molar-refractivity contribution in [3.05, 3.63) is 58.0 Å². The van der Waals surface area contributed by atoms with Gasteiger partial charge in [0.15, 0.2) is 4.32 Å². The molecule has 2 aromatic rings. The third-order valence-electron chi connectivity index (χ3n) is 4.11. The van der Waals surface area contributed by atoms with Crippen molar-refractivity contribution in [2.45, 2.75) is 13.8 Å². The fourth-order valence-corrected chi connectivity index (χ4v) is 4.10. The summed E-state index contributed by atoms with van der Waals surface area (Å²) in [6, 6.07) is 11.4. The largest absolute Gasteiger partial charge is 0.497 e. The molecule has 0 saturated carbocycles. The van der Waals surface area contributed by atoms with Crippen molar-refractivity contribution < 1.29 is 14.3 Å². The van der Waals surface area contributed by atoms with E-state index < -0.39 is 0 Å². The van der Waals surface area contributed by atoms with Crippen LogP contribution in [0.4, 0.5) is 5.69 Å². The minimum atomic E-state index is -0.128. The zero-order chi connectivity index (χ0) is 18.8. The number of ether oxygens (including phenoxy) is 2. The molecular formula is C20H19NO3S2. The molecule has 4 nitrogen and oxygen atoms in total. The molecule has 0 aliphatic carbocycles. The number of anilines is 1. The zero-order valence-corrected chi connectivity index (χ0v) is 16.7. The van der Waals surface area contributed by atoms with Gasteiger partial charge in [0.05, 0.1) is 24.8 Å². The highest BCUT2D eigenvalue weighted by atomic mass is 32.2. The molecule has 0 aromatic heterocycles. The molecule has 1 amide bonds. The number of benzene rings is 2. The summed E-state index contributed by atoms with van der Waals surface area (Å²) in [5, 5.41) is 0. The molecule has 6 heteroatoms. The Morgan fingerprint density at radius 1 is 1.08 bits per heavy atom. The van der Waals surface area contributed by atoms with Crippen molar-refractivity contribution in [3.63, 3.8) is 0 Å². The number of carbonyl (C=O) groups excluding carboxylic acids is 1. The van der Waals surface area contributed by atoms with E-state index in [2.05, 4.69) is 0 Å². The lowest BCUT2D eigenvalue weighted by atomic mass is 10.1. The minimum absolute atomic E-state index is 0.128. The number of nitrogens with zero attached hydrogens (tertiary/aromatic N) is 1. The summed E-state index contributed by atoms with van der Waals surface area (Å²) in [6.07, 6.45) is 1.80. The number of hydrogen-bond donors (Lipinski definition) is 0. The lowest BCUT2D eigenvalue weighted by Crippen LogP contribution is -2.28. The second kappa shape index (κ2) is 7.51. The lowest BCUT2D eigenvalue weighted by molar-refractivity contribution is -0.113. The number of hydrogen-bond acceptors (Lipinski definition) is 5. The molecule has 0 N–H and O–H groups in total. The van der Waals surface area contributed by atoms with Gasteiger partial charge in [-0.2, -0.15) is 0 Å². The smallest absolute Gasteiger partial charge is 0.270 e. The number of rotatable bonds is 4. The van der Waals surface area contributed by atoms with Gasteiger partial charge in [-0.05, 0) is 49.8 Å².